The summed E-state index contributed by atoms with van der Waals surface area (Å²) in [6, 6.07) is 8.76. The van der Waals surface area contributed by atoms with Crippen molar-refractivity contribution in [2.24, 2.45) is 0 Å². The van der Waals surface area contributed by atoms with Crippen LogP contribution in [0.2, 0.25) is 0 Å². The Morgan fingerprint density at radius 2 is 1.93 bits per heavy atom. The Morgan fingerprint density at radius 1 is 1.17 bits per heavy atom. The Morgan fingerprint density at radius 3 is 2.62 bits per heavy atom. The Kier molecular flexibility index (Phi) is 6.77. The quantitative estimate of drug-likeness (QED) is 0.570. The Bertz CT molecular complexity index is 987. The van der Waals surface area contributed by atoms with Gasteiger partial charge in [-0.3, -0.25) is 4.79 Å². The van der Waals surface area contributed by atoms with E-state index in [1.807, 2.05) is 6.92 Å². The normalized spacial score (nSPS) is 10.6. The van der Waals surface area contributed by atoms with Crippen molar-refractivity contribution in [1.82, 2.24) is 10.3 Å². The number of nitrogens with one attached hydrogen (secondary N) is 1. The molecule has 5 nitrogen and oxygen atoms in total. The van der Waals surface area contributed by atoms with Crippen molar-refractivity contribution in [2.75, 3.05) is 13.7 Å². The molecule has 0 atom stereocenters. The van der Waals surface area contributed by atoms with Crippen LogP contribution in [0.5, 0.6) is 11.5 Å². The van der Waals surface area contributed by atoms with E-state index in [4.69, 9.17) is 9.47 Å². The summed E-state index contributed by atoms with van der Waals surface area (Å²) in [4.78, 5) is 16.4. The van der Waals surface area contributed by atoms with Crippen molar-refractivity contribution >= 4 is 17.2 Å². The standard InChI is InChI=1S/C21H20F2N2O3S/c1-3-9-24-20(26)17-12-29-21(25-17)13-7-8-18(19(10-13)27-2)28-11-14-15(22)5-4-6-16(14)23/h4-8,10,12H,3,9,11H2,1-2H3,(H,24,26). The van der Waals surface area contributed by atoms with Gasteiger partial charge in [0.2, 0.25) is 0 Å². The summed E-state index contributed by atoms with van der Waals surface area (Å²) in [5.41, 5.74) is 0.944. The monoisotopic (exact) mass is 418 g/mol. The maximum atomic E-state index is 13.8. The highest BCUT2D eigenvalue weighted by atomic mass is 32.1. The van der Waals surface area contributed by atoms with E-state index >= 15 is 0 Å². The van der Waals surface area contributed by atoms with E-state index in [2.05, 4.69) is 10.3 Å². The molecule has 0 aliphatic heterocycles. The van der Waals surface area contributed by atoms with Gasteiger partial charge >= 0.3 is 0 Å². The first kappa shape index (κ1) is 20.7. The molecule has 0 fully saturated rings. The molecule has 3 aromatic rings. The van der Waals surface area contributed by atoms with Crippen LogP contribution in [0.25, 0.3) is 10.6 Å². The molecule has 0 saturated carbocycles. The summed E-state index contributed by atoms with van der Waals surface area (Å²) in [5.74, 6) is -0.814. The summed E-state index contributed by atoms with van der Waals surface area (Å²) in [5, 5.41) is 5.13. The van der Waals surface area contributed by atoms with Crippen molar-refractivity contribution in [3.05, 3.63) is 64.7 Å². The van der Waals surface area contributed by atoms with Crippen molar-refractivity contribution in [3.63, 3.8) is 0 Å². The summed E-state index contributed by atoms with van der Waals surface area (Å²) >= 11 is 1.34. The Balaban J connectivity index is 1.77. The van der Waals surface area contributed by atoms with Crippen LogP contribution >= 0.6 is 11.3 Å². The molecule has 8 heteroatoms. The van der Waals surface area contributed by atoms with Gasteiger partial charge in [-0.1, -0.05) is 13.0 Å². The van der Waals surface area contributed by atoms with E-state index in [0.29, 0.717) is 28.7 Å². The highest BCUT2D eigenvalue weighted by molar-refractivity contribution is 7.13. The SMILES string of the molecule is CCCNC(=O)c1csc(-c2ccc(OCc3c(F)cccc3F)c(OC)c2)n1. The van der Waals surface area contributed by atoms with Gasteiger partial charge in [-0.15, -0.1) is 11.3 Å². The highest BCUT2D eigenvalue weighted by Gasteiger charge is 2.15. The van der Waals surface area contributed by atoms with Crippen molar-refractivity contribution in [2.45, 2.75) is 20.0 Å². The van der Waals surface area contributed by atoms with E-state index in [1.54, 1.807) is 23.6 Å². The van der Waals surface area contributed by atoms with Gasteiger partial charge in [-0.25, -0.2) is 13.8 Å². The van der Waals surface area contributed by atoms with E-state index in [-0.39, 0.29) is 18.1 Å². The molecule has 1 N–H and O–H groups in total. The lowest BCUT2D eigenvalue weighted by molar-refractivity contribution is 0.0949. The maximum absolute atomic E-state index is 13.8. The molecule has 3 rings (SSSR count). The number of methoxy groups -OCH3 is 1. The zero-order valence-electron chi connectivity index (χ0n) is 16.0. The lowest BCUT2D eigenvalue weighted by atomic mass is 10.2. The molecule has 0 aliphatic rings. The van der Waals surface area contributed by atoms with Crippen LogP contribution in [-0.2, 0) is 6.61 Å². The van der Waals surface area contributed by atoms with Gasteiger partial charge in [-0.05, 0) is 36.8 Å². The molecular weight excluding hydrogens is 398 g/mol. The van der Waals surface area contributed by atoms with Crippen LogP contribution in [-0.4, -0.2) is 24.5 Å². The highest BCUT2D eigenvalue weighted by Crippen LogP contribution is 2.34. The third-order valence-electron chi connectivity index (χ3n) is 4.12. The largest absolute Gasteiger partial charge is 0.493 e. The number of aromatic nitrogens is 1. The molecular formula is C21H20F2N2O3S. The minimum Gasteiger partial charge on any atom is -0.493 e. The first-order chi connectivity index (χ1) is 14.0. The van der Waals surface area contributed by atoms with Crippen LogP contribution in [0.3, 0.4) is 0 Å². The number of carbonyl (C=O) groups excluding carboxylic acids is 1. The molecule has 1 heterocycles. The predicted octanol–water partition coefficient (Wildman–Crippen LogP) is 4.82. The van der Waals surface area contributed by atoms with E-state index in [9.17, 15) is 13.6 Å². The van der Waals surface area contributed by atoms with Crippen LogP contribution in [0.1, 0.15) is 29.4 Å². The number of rotatable bonds is 8. The number of ether oxygens (including phenoxy) is 2. The van der Waals surface area contributed by atoms with Crippen LogP contribution in [0, 0.1) is 11.6 Å². The minimum atomic E-state index is -0.669. The van der Waals surface area contributed by atoms with Crippen LogP contribution in [0.15, 0.2) is 41.8 Å². The average Bonchev–Trinajstić information content (AvgIpc) is 3.22. The third-order valence-corrected chi connectivity index (χ3v) is 5.01. The molecule has 0 radical (unpaired) electrons. The second-order valence-electron chi connectivity index (χ2n) is 6.15. The molecule has 0 spiro atoms. The molecule has 0 aliphatic carbocycles. The van der Waals surface area contributed by atoms with Crippen molar-refractivity contribution in [3.8, 4) is 22.1 Å². The van der Waals surface area contributed by atoms with Gasteiger partial charge in [0.05, 0.1) is 12.7 Å². The fourth-order valence-corrected chi connectivity index (χ4v) is 3.38. The third kappa shape index (κ3) is 4.89. The zero-order valence-corrected chi connectivity index (χ0v) is 16.8. The Hall–Kier alpha value is -3.00. The Labute approximate surface area is 171 Å². The molecule has 1 aromatic heterocycles. The van der Waals surface area contributed by atoms with Gasteiger partial charge in [0.25, 0.3) is 5.91 Å². The molecule has 0 unspecified atom stereocenters. The topological polar surface area (TPSA) is 60.5 Å². The van der Waals surface area contributed by atoms with Crippen LogP contribution in [0.4, 0.5) is 8.78 Å². The lowest BCUT2D eigenvalue weighted by Crippen LogP contribution is -2.24. The molecule has 152 valence electrons. The fraction of sp³-hybridized carbons (Fsp3) is 0.238. The number of hydrogen-bond acceptors (Lipinski definition) is 5. The van der Waals surface area contributed by atoms with E-state index < -0.39 is 11.6 Å². The number of amides is 1. The number of halogens is 2. The molecule has 2 aromatic carbocycles. The van der Waals surface area contributed by atoms with Gasteiger partial charge < -0.3 is 14.8 Å². The maximum Gasteiger partial charge on any atom is 0.270 e. The number of carbonyl (C=O) groups is 1. The second kappa shape index (κ2) is 9.47. The predicted molar refractivity (Wildman–Crippen MR) is 107 cm³/mol. The number of hydrogen-bond donors (Lipinski definition) is 1. The smallest absolute Gasteiger partial charge is 0.270 e. The van der Waals surface area contributed by atoms with E-state index in [0.717, 1.165) is 12.0 Å². The summed E-state index contributed by atoms with van der Waals surface area (Å²) in [6.07, 6.45) is 0.845. The lowest BCUT2D eigenvalue weighted by Gasteiger charge is -2.12. The summed E-state index contributed by atoms with van der Waals surface area (Å²) in [7, 11) is 1.47. The first-order valence-electron chi connectivity index (χ1n) is 9.01. The average molecular weight is 418 g/mol. The first-order valence-corrected chi connectivity index (χ1v) is 9.89. The molecule has 1 amide bonds. The van der Waals surface area contributed by atoms with E-state index in [1.165, 1.54) is 36.6 Å². The molecule has 29 heavy (non-hydrogen) atoms. The van der Waals surface area contributed by atoms with Crippen molar-refractivity contribution in [1.29, 1.82) is 0 Å². The zero-order chi connectivity index (χ0) is 20.8. The molecule has 0 saturated heterocycles. The van der Waals surface area contributed by atoms with Gasteiger partial charge in [-0.2, -0.15) is 0 Å². The minimum absolute atomic E-state index is 0.152. The number of thiazole rings is 1. The second-order valence-corrected chi connectivity index (χ2v) is 7.01. The molecule has 0 bridgehead atoms. The van der Waals surface area contributed by atoms with Crippen molar-refractivity contribution < 1.29 is 23.0 Å². The van der Waals surface area contributed by atoms with Crippen LogP contribution < -0.4 is 14.8 Å². The van der Waals surface area contributed by atoms with Gasteiger partial charge in [0.15, 0.2) is 11.5 Å². The summed E-state index contributed by atoms with van der Waals surface area (Å²) < 4.78 is 38.5. The number of benzene rings is 2. The fourth-order valence-electron chi connectivity index (χ4n) is 2.58. The van der Waals surface area contributed by atoms with Gasteiger partial charge in [0, 0.05) is 17.5 Å². The number of nitrogens with zero attached hydrogens (tertiary/aromatic N) is 1. The van der Waals surface area contributed by atoms with Gasteiger partial charge in [0.1, 0.15) is 28.9 Å². The summed E-state index contributed by atoms with van der Waals surface area (Å²) in [6.45, 7) is 2.30.